The maximum atomic E-state index is 11.4. The second-order valence-corrected chi connectivity index (χ2v) is 10.2. The molecule has 190 valence electrons. The summed E-state index contributed by atoms with van der Waals surface area (Å²) in [5.41, 5.74) is 3.07. The van der Waals surface area contributed by atoms with Gasteiger partial charge in [0.1, 0.15) is 18.1 Å². The zero-order valence-corrected chi connectivity index (χ0v) is 20.6. The van der Waals surface area contributed by atoms with Crippen LogP contribution in [0.15, 0.2) is 54.6 Å². The van der Waals surface area contributed by atoms with Crippen molar-refractivity contribution in [1.82, 2.24) is 10.3 Å². The van der Waals surface area contributed by atoms with Gasteiger partial charge in [-0.05, 0) is 48.0 Å². The second kappa shape index (κ2) is 10.4. The molecule has 3 aromatic carbocycles. The molecule has 0 saturated heterocycles. The van der Waals surface area contributed by atoms with E-state index < -0.39 is 16.1 Å². The molecule has 1 unspecified atom stereocenters. The van der Waals surface area contributed by atoms with E-state index in [2.05, 4.69) is 20.3 Å². The predicted octanol–water partition coefficient (Wildman–Crippen LogP) is 3.06. The van der Waals surface area contributed by atoms with E-state index in [1.165, 1.54) is 25.1 Å². The van der Waals surface area contributed by atoms with E-state index in [1.807, 2.05) is 36.4 Å². The molecule has 4 aromatic rings. The average molecular weight is 513 g/mol. The smallest absolute Gasteiger partial charge is 0.229 e. The molecule has 0 saturated carbocycles. The number of aromatic hydroxyl groups is 1. The van der Waals surface area contributed by atoms with Crippen LogP contribution in [0.5, 0.6) is 11.5 Å². The Balaban J connectivity index is 1.31. The van der Waals surface area contributed by atoms with Crippen LogP contribution in [-0.4, -0.2) is 55.5 Å². The van der Waals surface area contributed by atoms with Gasteiger partial charge in [0.15, 0.2) is 0 Å². The highest BCUT2D eigenvalue weighted by Gasteiger charge is 2.13. The number of hydrogen-bond donors (Lipinski definition) is 6. The summed E-state index contributed by atoms with van der Waals surface area (Å²) in [6, 6.07) is 15.7. The maximum absolute atomic E-state index is 11.4. The normalized spacial score (nSPS) is 12.5. The molecule has 4 rings (SSSR count). The Morgan fingerprint density at radius 1 is 1.06 bits per heavy atom. The number of hydrogen-bond acceptors (Lipinski definition) is 7. The number of H-pyrrole nitrogens is 1. The third-order valence-electron chi connectivity index (χ3n) is 5.48. The van der Waals surface area contributed by atoms with Gasteiger partial charge < -0.3 is 30.6 Å². The molecule has 6 N–H and O–H groups in total. The van der Waals surface area contributed by atoms with E-state index in [1.54, 1.807) is 0 Å². The van der Waals surface area contributed by atoms with Gasteiger partial charge >= 0.3 is 0 Å². The molecule has 10 nitrogen and oxygen atoms in total. The van der Waals surface area contributed by atoms with Crippen molar-refractivity contribution in [3.63, 3.8) is 0 Å². The summed E-state index contributed by atoms with van der Waals surface area (Å²) in [7, 11) is -3.56. The summed E-state index contributed by atoms with van der Waals surface area (Å²) in [5, 5.41) is 28.2. The minimum absolute atomic E-state index is 0.0103. The molecular formula is C25H28N4O6S. The largest absolute Gasteiger partial charge is 0.506 e. The van der Waals surface area contributed by atoms with Crippen LogP contribution in [0.4, 0.5) is 11.4 Å². The van der Waals surface area contributed by atoms with Crippen LogP contribution in [0.2, 0.25) is 0 Å². The number of aromatic amines is 1. The monoisotopic (exact) mass is 512 g/mol. The van der Waals surface area contributed by atoms with Crippen molar-refractivity contribution < 1.29 is 28.2 Å². The number of amides is 1. The quantitative estimate of drug-likeness (QED) is 0.141. The van der Waals surface area contributed by atoms with E-state index in [9.17, 15) is 23.4 Å². The lowest BCUT2D eigenvalue weighted by atomic mass is 10.1. The molecule has 1 atom stereocenters. The Labute approximate surface area is 208 Å². The Morgan fingerprint density at radius 3 is 2.61 bits per heavy atom. The van der Waals surface area contributed by atoms with E-state index in [4.69, 9.17) is 4.74 Å². The van der Waals surface area contributed by atoms with Crippen molar-refractivity contribution in [3.8, 4) is 11.5 Å². The van der Waals surface area contributed by atoms with Crippen LogP contribution in [0.1, 0.15) is 18.6 Å². The van der Waals surface area contributed by atoms with Gasteiger partial charge in [0.25, 0.3) is 0 Å². The molecule has 11 heteroatoms. The fraction of sp³-hybridized carbons (Fsp3) is 0.240. The SMILES string of the molecule is CC(=O)Nc1ccc2[nH]c3cc(OCCNCC(O)c4ccc(O)c(NS(C)(=O)=O)c4)ccc3c2c1. The maximum Gasteiger partial charge on any atom is 0.229 e. The molecule has 0 aliphatic heterocycles. The topological polar surface area (TPSA) is 153 Å². The third kappa shape index (κ3) is 6.25. The number of ether oxygens (including phenoxy) is 1. The van der Waals surface area contributed by atoms with Crippen LogP contribution in [-0.2, 0) is 14.8 Å². The van der Waals surface area contributed by atoms with Crippen molar-refractivity contribution >= 4 is 49.1 Å². The first-order chi connectivity index (χ1) is 17.1. The van der Waals surface area contributed by atoms with Gasteiger partial charge in [0.05, 0.1) is 23.6 Å². The van der Waals surface area contributed by atoms with E-state index in [-0.39, 0.29) is 23.9 Å². The molecule has 0 aliphatic rings. The van der Waals surface area contributed by atoms with Crippen molar-refractivity contribution in [2.75, 3.05) is 36.0 Å². The van der Waals surface area contributed by atoms with Gasteiger partial charge in [-0.15, -0.1) is 0 Å². The van der Waals surface area contributed by atoms with Crippen molar-refractivity contribution in [2.45, 2.75) is 13.0 Å². The van der Waals surface area contributed by atoms with Gasteiger partial charge in [-0.1, -0.05) is 6.07 Å². The van der Waals surface area contributed by atoms with Crippen LogP contribution < -0.4 is 20.1 Å². The average Bonchev–Trinajstić information content (AvgIpc) is 3.16. The number of rotatable bonds is 10. The minimum atomic E-state index is -3.56. The molecule has 0 aliphatic carbocycles. The van der Waals surface area contributed by atoms with Gasteiger partial charge in [-0.3, -0.25) is 9.52 Å². The second-order valence-electron chi connectivity index (χ2n) is 8.49. The number of phenolic OH excluding ortho intramolecular Hbond substituents is 1. The zero-order chi connectivity index (χ0) is 25.9. The van der Waals surface area contributed by atoms with Gasteiger partial charge in [0.2, 0.25) is 15.9 Å². The highest BCUT2D eigenvalue weighted by Crippen LogP contribution is 2.30. The van der Waals surface area contributed by atoms with Crippen LogP contribution in [0.25, 0.3) is 21.8 Å². The third-order valence-corrected chi connectivity index (χ3v) is 6.07. The first kappa shape index (κ1) is 25.3. The summed E-state index contributed by atoms with van der Waals surface area (Å²) in [6.45, 7) is 2.52. The zero-order valence-electron chi connectivity index (χ0n) is 19.8. The number of phenols is 1. The molecule has 1 heterocycles. The molecule has 0 spiro atoms. The lowest BCUT2D eigenvalue weighted by molar-refractivity contribution is -0.114. The molecule has 1 amide bonds. The number of aromatic nitrogens is 1. The lowest BCUT2D eigenvalue weighted by Crippen LogP contribution is -2.26. The Kier molecular flexibility index (Phi) is 7.34. The number of sulfonamides is 1. The molecule has 1 aromatic heterocycles. The highest BCUT2D eigenvalue weighted by atomic mass is 32.2. The fourth-order valence-electron chi connectivity index (χ4n) is 3.89. The number of anilines is 2. The van der Waals surface area contributed by atoms with Gasteiger partial charge in [-0.25, -0.2) is 8.42 Å². The molecule has 0 bridgehead atoms. The number of aliphatic hydroxyl groups excluding tert-OH is 1. The number of aliphatic hydroxyl groups is 1. The van der Waals surface area contributed by atoms with Gasteiger partial charge in [0, 0.05) is 48.1 Å². The highest BCUT2D eigenvalue weighted by molar-refractivity contribution is 7.92. The first-order valence-electron chi connectivity index (χ1n) is 11.2. The van der Waals surface area contributed by atoms with E-state index >= 15 is 0 Å². The number of carbonyl (C=O) groups is 1. The Morgan fingerprint density at radius 2 is 1.86 bits per heavy atom. The van der Waals surface area contributed by atoms with Crippen LogP contribution in [0, 0.1) is 0 Å². The van der Waals surface area contributed by atoms with E-state index in [0.29, 0.717) is 24.5 Å². The summed E-state index contributed by atoms with van der Waals surface area (Å²) < 4.78 is 30.9. The van der Waals surface area contributed by atoms with Crippen molar-refractivity contribution in [3.05, 3.63) is 60.2 Å². The minimum Gasteiger partial charge on any atom is -0.506 e. The number of carbonyl (C=O) groups excluding carboxylic acids is 1. The predicted molar refractivity (Wildman–Crippen MR) is 140 cm³/mol. The fourth-order valence-corrected chi connectivity index (χ4v) is 4.46. The van der Waals surface area contributed by atoms with Crippen LogP contribution in [0.3, 0.4) is 0 Å². The Hall–Kier alpha value is -3.80. The van der Waals surface area contributed by atoms with Crippen molar-refractivity contribution in [2.24, 2.45) is 0 Å². The summed E-state index contributed by atoms with van der Waals surface area (Å²) in [5.74, 6) is 0.342. The number of nitrogens with one attached hydrogen (secondary N) is 4. The number of fused-ring (bicyclic) bond motifs is 3. The van der Waals surface area contributed by atoms with E-state index in [0.717, 1.165) is 33.7 Å². The lowest BCUT2D eigenvalue weighted by Gasteiger charge is -2.15. The molecule has 0 fully saturated rings. The molecule has 0 radical (unpaired) electrons. The first-order valence-corrected chi connectivity index (χ1v) is 13.1. The summed E-state index contributed by atoms with van der Waals surface area (Å²) in [6.07, 6.45) is 0.0765. The van der Waals surface area contributed by atoms with Gasteiger partial charge in [-0.2, -0.15) is 0 Å². The van der Waals surface area contributed by atoms with Crippen molar-refractivity contribution in [1.29, 1.82) is 0 Å². The van der Waals surface area contributed by atoms with Crippen LogP contribution >= 0.6 is 0 Å². The molecular weight excluding hydrogens is 484 g/mol. The number of benzene rings is 3. The summed E-state index contributed by atoms with van der Waals surface area (Å²) in [4.78, 5) is 14.7. The molecule has 36 heavy (non-hydrogen) atoms. The summed E-state index contributed by atoms with van der Waals surface area (Å²) >= 11 is 0. The standard InChI is InChI=1S/C25H28N4O6S/c1-15(30)27-17-4-7-21-20(12-17)19-6-5-18(13-22(19)28-21)35-10-9-26-14-25(32)16-3-8-24(31)23(11-16)29-36(2,33)34/h3-8,11-13,25-26,28-29,31-32H,9-10,14H2,1-2H3,(H,27,30). The Bertz CT molecular complexity index is 1520.